The molecular formula is C24H32N4O3. The van der Waals surface area contributed by atoms with Crippen molar-refractivity contribution < 1.29 is 14.6 Å². The van der Waals surface area contributed by atoms with Gasteiger partial charge < -0.3 is 9.84 Å². The lowest BCUT2D eigenvalue weighted by Gasteiger charge is -2.20. The highest BCUT2D eigenvalue weighted by Crippen LogP contribution is 2.31. The minimum absolute atomic E-state index is 0.0143. The number of aromatic nitrogens is 2. The average Bonchev–Trinajstić information content (AvgIpc) is 3.44. The quantitative estimate of drug-likeness (QED) is 0.770. The van der Waals surface area contributed by atoms with E-state index in [0.29, 0.717) is 22.7 Å². The van der Waals surface area contributed by atoms with E-state index in [2.05, 4.69) is 41.2 Å². The van der Waals surface area contributed by atoms with Crippen LogP contribution in [-0.2, 0) is 19.0 Å². The molecule has 1 fully saturated rings. The van der Waals surface area contributed by atoms with Crippen LogP contribution in [0.5, 0.6) is 5.75 Å². The zero-order valence-corrected chi connectivity index (χ0v) is 19.3. The molecule has 7 heteroatoms. The van der Waals surface area contributed by atoms with Crippen molar-refractivity contribution in [3.8, 4) is 11.8 Å². The number of rotatable bonds is 6. The summed E-state index contributed by atoms with van der Waals surface area (Å²) in [5.41, 5.74) is 1.09. The van der Waals surface area contributed by atoms with Crippen molar-refractivity contribution >= 4 is 5.91 Å². The summed E-state index contributed by atoms with van der Waals surface area (Å²) in [7, 11) is 2.00. The minimum atomic E-state index is -1.06. The topological polar surface area (TPSA) is 92.5 Å². The van der Waals surface area contributed by atoms with Crippen LogP contribution in [0.1, 0.15) is 69.1 Å². The first kappa shape index (κ1) is 22.8. The van der Waals surface area contributed by atoms with E-state index in [9.17, 15) is 15.2 Å². The molecule has 1 saturated carbocycles. The van der Waals surface area contributed by atoms with Gasteiger partial charge in [0.25, 0.3) is 5.91 Å². The maximum atomic E-state index is 13.2. The Morgan fingerprint density at radius 1 is 1.26 bits per heavy atom. The molecule has 1 amide bonds. The van der Waals surface area contributed by atoms with Gasteiger partial charge in [-0.3, -0.25) is 14.2 Å². The van der Waals surface area contributed by atoms with Crippen LogP contribution in [0.4, 0.5) is 0 Å². The number of benzene rings is 1. The maximum Gasteiger partial charge on any atom is 0.282 e. The normalized spacial score (nSPS) is 15.1. The summed E-state index contributed by atoms with van der Waals surface area (Å²) in [4.78, 5) is 17.6. The van der Waals surface area contributed by atoms with Gasteiger partial charge in [-0.1, -0.05) is 20.8 Å². The lowest BCUT2D eigenvalue weighted by atomic mass is 9.92. The van der Waals surface area contributed by atoms with Crippen molar-refractivity contribution in [3.05, 3.63) is 46.6 Å². The van der Waals surface area contributed by atoms with Crippen molar-refractivity contribution in [3.63, 3.8) is 0 Å². The average molecular weight is 425 g/mol. The predicted molar refractivity (Wildman–Crippen MR) is 118 cm³/mol. The highest BCUT2D eigenvalue weighted by molar-refractivity contribution is 5.98. The molecule has 31 heavy (non-hydrogen) atoms. The van der Waals surface area contributed by atoms with Gasteiger partial charge in [-0.25, -0.2) is 0 Å². The van der Waals surface area contributed by atoms with Crippen LogP contribution in [0.3, 0.4) is 0 Å². The van der Waals surface area contributed by atoms with Crippen LogP contribution in [0.15, 0.2) is 29.3 Å². The van der Waals surface area contributed by atoms with Crippen molar-refractivity contribution in [2.45, 2.75) is 65.0 Å². The first-order valence-electron chi connectivity index (χ1n) is 10.6. The first-order chi connectivity index (χ1) is 14.4. The van der Waals surface area contributed by atoms with E-state index in [4.69, 9.17) is 4.74 Å². The molecule has 0 unspecified atom stereocenters. The van der Waals surface area contributed by atoms with E-state index in [0.717, 1.165) is 12.2 Å². The molecule has 1 aliphatic rings. The fourth-order valence-electron chi connectivity index (χ4n) is 3.44. The Morgan fingerprint density at radius 2 is 1.94 bits per heavy atom. The summed E-state index contributed by atoms with van der Waals surface area (Å²) in [6.45, 7) is 10.5. The van der Waals surface area contributed by atoms with Crippen molar-refractivity contribution in [2.75, 3.05) is 6.61 Å². The fraction of sp³-hybridized carbons (Fsp3) is 0.542. The Bertz CT molecular complexity index is 1080. The van der Waals surface area contributed by atoms with Gasteiger partial charge >= 0.3 is 0 Å². The summed E-state index contributed by atoms with van der Waals surface area (Å²) in [5, 5.41) is 19.3. The summed E-state index contributed by atoms with van der Waals surface area (Å²) >= 11 is 0. The molecular weight excluding hydrogens is 392 g/mol. The van der Waals surface area contributed by atoms with Gasteiger partial charge in [-0.05, 0) is 50.8 Å². The number of hydrogen-bond acceptors (Lipinski definition) is 4. The summed E-state index contributed by atoms with van der Waals surface area (Å²) in [6.07, 6.45) is 2.38. The molecule has 0 bridgehead atoms. The van der Waals surface area contributed by atoms with Crippen molar-refractivity contribution in [2.24, 2.45) is 18.0 Å². The van der Waals surface area contributed by atoms with Gasteiger partial charge in [0.15, 0.2) is 5.49 Å². The molecule has 0 radical (unpaired) electrons. The third-order valence-corrected chi connectivity index (χ3v) is 5.27. The van der Waals surface area contributed by atoms with Crippen molar-refractivity contribution in [1.29, 1.82) is 5.26 Å². The van der Waals surface area contributed by atoms with Crippen LogP contribution in [0, 0.1) is 17.2 Å². The van der Waals surface area contributed by atoms with Crippen LogP contribution >= 0.6 is 0 Å². The van der Waals surface area contributed by atoms with Crippen LogP contribution in [0.25, 0.3) is 0 Å². The summed E-state index contributed by atoms with van der Waals surface area (Å²) in [5.74, 6) is 0.442. The zero-order chi connectivity index (χ0) is 23.0. The smallest absolute Gasteiger partial charge is 0.282 e. The van der Waals surface area contributed by atoms with E-state index in [-0.39, 0.29) is 17.6 Å². The van der Waals surface area contributed by atoms with Crippen LogP contribution < -0.4 is 10.2 Å². The van der Waals surface area contributed by atoms with E-state index in [1.807, 2.05) is 13.1 Å². The number of nitrogens with zero attached hydrogens (tertiary/aromatic N) is 4. The molecule has 1 aromatic heterocycles. The van der Waals surface area contributed by atoms with E-state index in [1.54, 1.807) is 26.0 Å². The number of amides is 1. The predicted octanol–water partition coefficient (Wildman–Crippen LogP) is 3.30. The number of ether oxygens (including phenoxy) is 1. The fourth-order valence-corrected chi connectivity index (χ4v) is 3.44. The Hall–Kier alpha value is -2.85. The van der Waals surface area contributed by atoms with Gasteiger partial charge in [0, 0.05) is 30.8 Å². The SMILES string of the molecule is Cn1c(C(C)(C)C)cc(=NC(=O)c2cc(C#N)ccc2OCC(C)(C)O)n1CC1CC1. The molecule has 0 spiro atoms. The Balaban J connectivity index is 2.06. The second-order valence-corrected chi connectivity index (χ2v) is 10.0. The van der Waals surface area contributed by atoms with Gasteiger partial charge in [-0.2, -0.15) is 10.3 Å². The largest absolute Gasteiger partial charge is 0.490 e. The van der Waals surface area contributed by atoms with Gasteiger partial charge in [0.2, 0.25) is 0 Å². The molecule has 0 saturated heterocycles. The molecule has 1 heterocycles. The number of carbonyl (C=O) groups is 1. The molecule has 0 atom stereocenters. The molecule has 0 aliphatic heterocycles. The number of nitriles is 1. The summed E-state index contributed by atoms with van der Waals surface area (Å²) < 4.78 is 9.84. The number of hydrogen-bond donors (Lipinski definition) is 1. The highest BCUT2D eigenvalue weighted by atomic mass is 16.5. The molecule has 1 aromatic carbocycles. The molecule has 1 N–H and O–H groups in total. The van der Waals surface area contributed by atoms with Crippen molar-refractivity contribution in [1.82, 2.24) is 9.36 Å². The van der Waals surface area contributed by atoms with Gasteiger partial charge in [0.05, 0.1) is 22.8 Å². The minimum Gasteiger partial charge on any atom is -0.490 e. The van der Waals surface area contributed by atoms with Crippen LogP contribution in [-0.4, -0.2) is 32.6 Å². The third-order valence-electron chi connectivity index (χ3n) is 5.27. The highest BCUT2D eigenvalue weighted by Gasteiger charge is 2.26. The Kier molecular flexibility index (Phi) is 6.15. The standard InChI is InChI=1S/C24H32N4O3/c1-23(2,3)20-12-21(28(27(20)6)14-16-7-8-16)26-22(29)18-11-17(13-25)9-10-19(18)31-15-24(4,5)30/h9-12,16,30H,7-8,14-15H2,1-6H3. The molecule has 166 valence electrons. The summed E-state index contributed by atoms with van der Waals surface area (Å²) in [6, 6.07) is 8.68. The second kappa shape index (κ2) is 8.35. The lowest BCUT2D eigenvalue weighted by molar-refractivity contribution is 0.0281. The van der Waals surface area contributed by atoms with E-state index >= 15 is 0 Å². The number of carbonyl (C=O) groups excluding carboxylic acids is 1. The Labute approximate surface area is 183 Å². The van der Waals surface area contributed by atoms with Gasteiger partial charge in [0.1, 0.15) is 12.4 Å². The molecule has 3 rings (SSSR count). The zero-order valence-electron chi connectivity index (χ0n) is 19.3. The maximum absolute atomic E-state index is 13.2. The number of aliphatic hydroxyl groups is 1. The monoisotopic (exact) mass is 424 g/mol. The van der Waals surface area contributed by atoms with Gasteiger partial charge in [-0.15, -0.1) is 0 Å². The second-order valence-electron chi connectivity index (χ2n) is 10.0. The lowest BCUT2D eigenvalue weighted by Crippen LogP contribution is -2.28. The van der Waals surface area contributed by atoms with E-state index < -0.39 is 11.5 Å². The van der Waals surface area contributed by atoms with Crippen LogP contribution in [0.2, 0.25) is 0 Å². The first-order valence-corrected chi connectivity index (χ1v) is 10.6. The third kappa shape index (κ3) is 5.65. The molecule has 7 nitrogen and oxygen atoms in total. The molecule has 2 aromatic rings. The molecule has 1 aliphatic carbocycles. The Morgan fingerprint density at radius 3 is 2.48 bits per heavy atom. The van der Waals surface area contributed by atoms with E-state index in [1.165, 1.54) is 18.9 Å².